The highest BCUT2D eigenvalue weighted by Crippen LogP contribution is 2.31. The summed E-state index contributed by atoms with van der Waals surface area (Å²) in [5.74, 6) is 0.279. The molecule has 8 nitrogen and oxygen atoms in total. The molecule has 2 heterocycles. The first-order valence-electron chi connectivity index (χ1n) is 9.31. The first kappa shape index (κ1) is 18.7. The Hall–Kier alpha value is -3.68. The Bertz CT molecular complexity index is 990. The van der Waals surface area contributed by atoms with E-state index in [-0.39, 0.29) is 24.3 Å². The highest BCUT2D eigenvalue weighted by atomic mass is 16.5. The van der Waals surface area contributed by atoms with Gasteiger partial charge in [-0.15, -0.1) is 5.10 Å². The van der Waals surface area contributed by atoms with Crippen LogP contribution in [0.25, 0.3) is 0 Å². The van der Waals surface area contributed by atoms with E-state index in [1.165, 1.54) is 0 Å². The zero-order valence-corrected chi connectivity index (χ0v) is 15.8. The summed E-state index contributed by atoms with van der Waals surface area (Å²) in [7, 11) is 0. The molecule has 2 atom stereocenters. The highest BCUT2D eigenvalue weighted by molar-refractivity contribution is 5.96. The van der Waals surface area contributed by atoms with Gasteiger partial charge in [-0.3, -0.25) is 14.9 Å². The van der Waals surface area contributed by atoms with Crippen LogP contribution in [-0.4, -0.2) is 34.7 Å². The lowest BCUT2D eigenvalue weighted by atomic mass is 10.1. The average molecular weight is 392 g/mol. The Kier molecular flexibility index (Phi) is 5.24. The predicted molar refractivity (Wildman–Crippen MR) is 106 cm³/mol. The van der Waals surface area contributed by atoms with Crippen molar-refractivity contribution in [2.24, 2.45) is 0 Å². The van der Waals surface area contributed by atoms with E-state index in [1.807, 2.05) is 48.5 Å². The second-order valence-electron chi connectivity index (χ2n) is 6.75. The number of ether oxygens (including phenoxy) is 1. The summed E-state index contributed by atoms with van der Waals surface area (Å²) in [4.78, 5) is 26.4. The van der Waals surface area contributed by atoms with Crippen molar-refractivity contribution in [3.63, 3.8) is 0 Å². The maximum Gasteiger partial charge on any atom is 0.322 e. The summed E-state index contributed by atoms with van der Waals surface area (Å²) < 4.78 is 11.2. The minimum absolute atomic E-state index is 0.00475. The number of rotatable bonds is 6. The molecule has 2 amide bonds. The van der Waals surface area contributed by atoms with E-state index in [1.54, 1.807) is 24.0 Å². The Morgan fingerprint density at radius 1 is 1.14 bits per heavy atom. The van der Waals surface area contributed by atoms with Gasteiger partial charge in [0.25, 0.3) is 5.91 Å². The molecule has 0 aliphatic carbocycles. The number of hydrogen-bond acceptors (Lipinski definition) is 6. The third-order valence-electron chi connectivity index (χ3n) is 4.64. The number of amides is 2. The largest absolute Gasteiger partial charge is 0.481 e. The highest BCUT2D eigenvalue weighted by Gasteiger charge is 2.35. The van der Waals surface area contributed by atoms with E-state index in [0.29, 0.717) is 18.2 Å². The molecular formula is C21H20N4O4. The molecule has 29 heavy (non-hydrogen) atoms. The lowest BCUT2D eigenvalue weighted by molar-refractivity contribution is -0.122. The van der Waals surface area contributed by atoms with Crippen molar-refractivity contribution >= 4 is 23.5 Å². The number of benzene rings is 2. The molecule has 1 N–H and O–H groups in total. The molecule has 4 rings (SSSR count). The number of carbonyl (C=O) groups excluding carboxylic acids is 2. The number of anilines is 2. The van der Waals surface area contributed by atoms with Crippen LogP contribution in [0.4, 0.5) is 11.7 Å². The fourth-order valence-corrected chi connectivity index (χ4v) is 3.14. The summed E-state index contributed by atoms with van der Waals surface area (Å²) in [6.45, 7) is 2.08. The van der Waals surface area contributed by atoms with Crippen molar-refractivity contribution < 1.29 is 18.7 Å². The van der Waals surface area contributed by atoms with Gasteiger partial charge in [-0.25, -0.2) is 0 Å². The summed E-state index contributed by atoms with van der Waals surface area (Å²) >= 11 is 0. The molecular weight excluding hydrogens is 372 g/mol. The smallest absolute Gasteiger partial charge is 0.322 e. The lowest BCUT2D eigenvalue weighted by Gasteiger charge is -2.15. The Morgan fingerprint density at radius 3 is 2.55 bits per heavy atom. The van der Waals surface area contributed by atoms with Crippen molar-refractivity contribution in [1.82, 2.24) is 10.2 Å². The van der Waals surface area contributed by atoms with Crippen LogP contribution in [0, 0.1) is 0 Å². The predicted octanol–water partition coefficient (Wildman–Crippen LogP) is 3.00. The molecule has 8 heteroatoms. The summed E-state index contributed by atoms with van der Waals surface area (Å²) in [5.41, 5.74) is 0.833. The first-order chi connectivity index (χ1) is 14.1. The van der Waals surface area contributed by atoms with E-state index in [2.05, 4.69) is 15.5 Å². The van der Waals surface area contributed by atoms with Gasteiger partial charge < -0.3 is 14.1 Å². The van der Waals surface area contributed by atoms with Crippen molar-refractivity contribution in [2.45, 2.75) is 25.4 Å². The van der Waals surface area contributed by atoms with Crippen LogP contribution in [0.3, 0.4) is 0 Å². The van der Waals surface area contributed by atoms with Gasteiger partial charge in [-0.2, -0.15) is 0 Å². The lowest BCUT2D eigenvalue weighted by Crippen LogP contribution is -2.30. The van der Waals surface area contributed by atoms with Crippen molar-refractivity contribution in [2.75, 3.05) is 16.8 Å². The first-order valence-corrected chi connectivity index (χ1v) is 9.31. The van der Waals surface area contributed by atoms with Gasteiger partial charge in [-0.1, -0.05) is 41.5 Å². The average Bonchev–Trinajstić information content (AvgIpc) is 3.36. The Labute approximate surface area is 167 Å². The molecule has 1 aromatic heterocycles. The second kappa shape index (κ2) is 8.14. The molecule has 1 aliphatic heterocycles. The van der Waals surface area contributed by atoms with Crippen LogP contribution in [-0.2, 0) is 9.59 Å². The molecule has 0 radical (unpaired) electrons. The van der Waals surface area contributed by atoms with Gasteiger partial charge in [-0.05, 0) is 31.2 Å². The molecule has 2 aromatic carbocycles. The van der Waals surface area contributed by atoms with Crippen LogP contribution < -0.4 is 15.0 Å². The van der Waals surface area contributed by atoms with E-state index >= 15 is 0 Å². The molecule has 1 saturated heterocycles. The maximum atomic E-state index is 12.4. The van der Waals surface area contributed by atoms with Crippen molar-refractivity contribution in [1.29, 1.82) is 0 Å². The number of para-hydroxylation sites is 2. The minimum Gasteiger partial charge on any atom is -0.481 e. The molecule has 148 valence electrons. The van der Waals surface area contributed by atoms with Gasteiger partial charge in [0.15, 0.2) is 6.10 Å². The van der Waals surface area contributed by atoms with Gasteiger partial charge in [0.2, 0.25) is 11.8 Å². The fourth-order valence-electron chi connectivity index (χ4n) is 3.14. The van der Waals surface area contributed by atoms with Gasteiger partial charge >= 0.3 is 6.01 Å². The third kappa shape index (κ3) is 4.26. The normalized spacial score (nSPS) is 17.2. The standard InChI is InChI=1S/C21H20N4O4/c1-14(28-17-10-6-3-7-11-17)19(27)22-21-24-23-20(29-21)15-12-18(26)25(13-15)16-8-4-2-5-9-16/h2-11,14-15H,12-13H2,1H3,(H,22,24,27). The molecule has 1 aliphatic rings. The topological polar surface area (TPSA) is 97.6 Å². The molecule has 0 spiro atoms. The number of hydrogen-bond donors (Lipinski definition) is 1. The van der Waals surface area contributed by atoms with E-state index in [0.717, 1.165) is 5.69 Å². The molecule has 0 saturated carbocycles. The summed E-state index contributed by atoms with van der Waals surface area (Å²) in [6.07, 6.45) is -0.466. The fraction of sp³-hybridized carbons (Fsp3) is 0.238. The van der Waals surface area contributed by atoms with Gasteiger partial charge in [0, 0.05) is 18.7 Å². The number of aromatic nitrogens is 2. The monoisotopic (exact) mass is 392 g/mol. The van der Waals surface area contributed by atoms with Crippen molar-refractivity contribution in [3.05, 3.63) is 66.6 Å². The van der Waals surface area contributed by atoms with E-state index in [4.69, 9.17) is 9.15 Å². The molecule has 1 fully saturated rings. The zero-order valence-electron chi connectivity index (χ0n) is 15.8. The maximum absolute atomic E-state index is 12.4. The minimum atomic E-state index is -0.741. The van der Waals surface area contributed by atoms with Gasteiger partial charge in [0.1, 0.15) is 5.75 Å². The van der Waals surface area contributed by atoms with E-state index in [9.17, 15) is 9.59 Å². The number of nitrogens with zero attached hydrogens (tertiary/aromatic N) is 3. The SMILES string of the molecule is CC(Oc1ccccc1)C(=O)Nc1nnc(C2CC(=O)N(c3ccccc3)C2)o1. The quantitative estimate of drug-likeness (QED) is 0.693. The van der Waals surface area contributed by atoms with Crippen LogP contribution in [0.1, 0.15) is 25.2 Å². The van der Waals surface area contributed by atoms with Crippen molar-refractivity contribution in [3.8, 4) is 5.75 Å². The zero-order chi connectivity index (χ0) is 20.2. The van der Waals surface area contributed by atoms with Crippen LogP contribution >= 0.6 is 0 Å². The second-order valence-corrected chi connectivity index (χ2v) is 6.75. The number of carbonyl (C=O) groups is 2. The van der Waals surface area contributed by atoms with Gasteiger partial charge in [0.05, 0.1) is 5.92 Å². The summed E-state index contributed by atoms with van der Waals surface area (Å²) in [5, 5.41) is 10.4. The Morgan fingerprint density at radius 2 is 1.83 bits per heavy atom. The van der Waals surface area contributed by atoms with Crippen LogP contribution in [0.5, 0.6) is 5.75 Å². The Balaban J connectivity index is 1.37. The van der Waals surface area contributed by atoms with E-state index < -0.39 is 12.0 Å². The summed E-state index contributed by atoms with van der Waals surface area (Å²) in [6, 6.07) is 18.5. The molecule has 2 unspecified atom stereocenters. The number of nitrogens with one attached hydrogen (secondary N) is 1. The third-order valence-corrected chi connectivity index (χ3v) is 4.64. The van der Waals surface area contributed by atoms with Crippen LogP contribution in [0.15, 0.2) is 65.1 Å². The molecule has 3 aromatic rings. The molecule has 0 bridgehead atoms. The van der Waals surface area contributed by atoms with Crippen LogP contribution in [0.2, 0.25) is 0 Å².